The van der Waals surface area contributed by atoms with Crippen LogP contribution in [-0.4, -0.2) is 14.5 Å². The Morgan fingerprint density at radius 3 is 2.48 bits per heavy atom. The molecule has 0 bridgehead atoms. The van der Waals surface area contributed by atoms with Crippen LogP contribution < -0.4 is 0 Å². The van der Waals surface area contributed by atoms with Gasteiger partial charge in [0.1, 0.15) is 0 Å². The Hall–Kier alpha value is -2.31. The van der Waals surface area contributed by atoms with E-state index in [0.29, 0.717) is 17.2 Å². The third-order valence-corrected chi connectivity index (χ3v) is 3.49. The number of H-pyrrole nitrogens is 1. The van der Waals surface area contributed by atoms with Crippen molar-refractivity contribution < 1.29 is 17.6 Å². The number of hydrogen-bond acceptors (Lipinski definition) is 1. The molecule has 0 aliphatic heterocycles. The van der Waals surface area contributed by atoms with Crippen molar-refractivity contribution in [3.8, 4) is 0 Å². The topological polar surface area (TPSA) is 33.6 Å². The molecule has 0 amide bonds. The summed E-state index contributed by atoms with van der Waals surface area (Å²) < 4.78 is 57.1. The molecule has 0 aliphatic rings. The van der Waals surface area contributed by atoms with E-state index >= 15 is 0 Å². The Morgan fingerprint density at radius 2 is 1.86 bits per heavy atom. The fourth-order valence-electron chi connectivity index (χ4n) is 2.33. The summed E-state index contributed by atoms with van der Waals surface area (Å²) in [7, 11) is 0. The zero-order valence-corrected chi connectivity index (χ0v) is 10.9. The monoisotopic (exact) mass is 297 g/mol. The normalized spacial score (nSPS) is 13.0. The van der Waals surface area contributed by atoms with Crippen LogP contribution in [0, 0.1) is 6.92 Å². The molecule has 0 fully saturated rings. The predicted molar refractivity (Wildman–Crippen MR) is 69.3 cm³/mol. The molecule has 21 heavy (non-hydrogen) atoms. The van der Waals surface area contributed by atoms with Gasteiger partial charge >= 0.3 is 12.0 Å². The van der Waals surface area contributed by atoms with Gasteiger partial charge in [-0.2, -0.15) is 17.6 Å². The van der Waals surface area contributed by atoms with Crippen molar-refractivity contribution in [3.63, 3.8) is 0 Å². The lowest BCUT2D eigenvalue weighted by Crippen LogP contribution is -2.41. The smallest absolute Gasteiger partial charge is 0.353 e. The second kappa shape index (κ2) is 4.34. The number of aromatic amines is 1. The molecular formula is C14H11F4N3. The van der Waals surface area contributed by atoms with Crippen molar-refractivity contribution in [1.29, 1.82) is 0 Å². The number of aryl methyl sites for hydroxylation is 1. The summed E-state index contributed by atoms with van der Waals surface area (Å²) in [6, 6.07) is 2.07. The van der Waals surface area contributed by atoms with Crippen molar-refractivity contribution in [2.24, 2.45) is 0 Å². The van der Waals surface area contributed by atoms with Gasteiger partial charge in [0, 0.05) is 23.3 Å². The number of imidazole rings is 1. The second-order valence-corrected chi connectivity index (χ2v) is 4.76. The van der Waals surface area contributed by atoms with Crippen LogP contribution in [0.3, 0.4) is 0 Å². The first-order chi connectivity index (χ1) is 9.85. The van der Waals surface area contributed by atoms with E-state index in [-0.39, 0.29) is 10.1 Å². The van der Waals surface area contributed by atoms with E-state index in [2.05, 4.69) is 9.97 Å². The molecule has 3 aromatic rings. The van der Waals surface area contributed by atoms with Gasteiger partial charge in [-0.05, 0) is 18.6 Å². The summed E-state index contributed by atoms with van der Waals surface area (Å²) in [5.74, 6) is -4.39. The van der Waals surface area contributed by atoms with Gasteiger partial charge < -0.3 is 4.98 Å². The number of aromatic nitrogens is 3. The summed E-state index contributed by atoms with van der Waals surface area (Å²) in [6.45, 7) is 1.39. The zero-order valence-electron chi connectivity index (χ0n) is 10.9. The molecule has 3 rings (SSSR count). The number of nitrogens with one attached hydrogen (secondary N) is 1. The molecule has 0 spiro atoms. The Morgan fingerprint density at radius 1 is 1.14 bits per heavy atom. The lowest BCUT2D eigenvalue weighted by molar-refractivity contribution is -0.269. The molecule has 0 radical (unpaired) electrons. The Kier molecular flexibility index (Phi) is 2.82. The van der Waals surface area contributed by atoms with E-state index in [0.717, 1.165) is 12.4 Å². The molecule has 0 saturated carbocycles. The molecule has 0 saturated heterocycles. The Balaban J connectivity index is 2.18. The highest BCUT2D eigenvalue weighted by atomic mass is 19.3. The molecule has 0 aliphatic carbocycles. The zero-order chi connectivity index (χ0) is 15.3. The lowest BCUT2D eigenvalue weighted by Gasteiger charge is -2.27. The fraction of sp³-hybridized carbons (Fsp3) is 0.214. The molecule has 3 nitrogen and oxygen atoms in total. The molecule has 0 unspecified atom stereocenters. The summed E-state index contributed by atoms with van der Waals surface area (Å²) in [6.07, 6.45) is 2.51. The van der Waals surface area contributed by atoms with Crippen molar-refractivity contribution in [3.05, 3.63) is 54.2 Å². The lowest BCUT2D eigenvalue weighted by atomic mass is 10.1. The maximum Gasteiger partial charge on any atom is 0.399 e. The van der Waals surface area contributed by atoms with Gasteiger partial charge in [0.2, 0.25) is 0 Å². The van der Waals surface area contributed by atoms with Crippen LogP contribution >= 0.6 is 0 Å². The number of halogens is 4. The highest BCUT2D eigenvalue weighted by Gasteiger charge is 2.60. The van der Waals surface area contributed by atoms with Gasteiger partial charge in [0.15, 0.2) is 0 Å². The van der Waals surface area contributed by atoms with E-state index in [1.165, 1.54) is 6.92 Å². The van der Waals surface area contributed by atoms with Crippen molar-refractivity contribution in [1.82, 2.24) is 14.5 Å². The summed E-state index contributed by atoms with van der Waals surface area (Å²) in [4.78, 5) is 5.81. The van der Waals surface area contributed by atoms with E-state index < -0.39 is 17.7 Å². The molecule has 7 heteroatoms. The molecule has 1 aromatic carbocycles. The van der Waals surface area contributed by atoms with E-state index in [1.807, 2.05) is 0 Å². The average molecular weight is 297 g/mol. The molecule has 110 valence electrons. The SMILES string of the molecule is Cc1c(C(F)(F)C(F)(F)n2ccnc2)[nH]c2ccccc12. The maximum absolute atomic E-state index is 14.4. The van der Waals surface area contributed by atoms with Crippen LogP contribution in [0.2, 0.25) is 0 Å². The minimum absolute atomic E-state index is 0.107. The average Bonchev–Trinajstić information content (AvgIpc) is 3.08. The van der Waals surface area contributed by atoms with E-state index in [1.54, 1.807) is 24.3 Å². The quantitative estimate of drug-likeness (QED) is 0.728. The number of benzene rings is 1. The highest BCUT2D eigenvalue weighted by molar-refractivity contribution is 5.84. The van der Waals surface area contributed by atoms with Gasteiger partial charge in [-0.1, -0.05) is 18.2 Å². The third-order valence-electron chi connectivity index (χ3n) is 3.49. The molecule has 2 aromatic heterocycles. The van der Waals surface area contributed by atoms with E-state index in [9.17, 15) is 17.6 Å². The first kappa shape index (κ1) is 13.7. The van der Waals surface area contributed by atoms with Gasteiger partial charge in [-0.25, -0.2) is 4.98 Å². The molecular weight excluding hydrogens is 286 g/mol. The largest absolute Gasteiger partial charge is 0.399 e. The number of nitrogens with zero attached hydrogens (tertiary/aromatic N) is 2. The Labute approximate surface area is 117 Å². The van der Waals surface area contributed by atoms with Crippen LogP contribution in [0.1, 0.15) is 11.3 Å². The first-order valence-electron chi connectivity index (χ1n) is 6.17. The minimum Gasteiger partial charge on any atom is -0.353 e. The van der Waals surface area contributed by atoms with Gasteiger partial charge in [-0.15, -0.1) is 0 Å². The van der Waals surface area contributed by atoms with Gasteiger partial charge in [-0.3, -0.25) is 4.57 Å². The van der Waals surface area contributed by atoms with Crippen LogP contribution in [0.15, 0.2) is 43.0 Å². The van der Waals surface area contributed by atoms with Crippen molar-refractivity contribution >= 4 is 10.9 Å². The number of rotatable bonds is 3. The molecule has 1 N–H and O–H groups in total. The van der Waals surface area contributed by atoms with Crippen LogP contribution in [-0.2, 0) is 12.0 Å². The fourth-order valence-corrected chi connectivity index (χ4v) is 2.33. The van der Waals surface area contributed by atoms with Crippen LogP contribution in [0.25, 0.3) is 10.9 Å². The number of hydrogen-bond donors (Lipinski definition) is 1. The minimum atomic E-state index is -4.42. The standard InChI is InChI=1S/C14H11F4N3/c1-9-10-4-2-3-5-11(10)20-12(9)13(15,16)14(17,18)21-7-6-19-8-21/h2-8,20H,1H3. The van der Waals surface area contributed by atoms with Gasteiger partial charge in [0.05, 0.1) is 12.0 Å². The highest BCUT2D eigenvalue weighted by Crippen LogP contribution is 2.47. The number of alkyl halides is 4. The molecule has 2 heterocycles. The third kappa shape index (κ3) is 1.84. The summed E-state index contributed by atoms with van der Waals surface area (Å²) in [5, 5.41) is 0.494. The number of para-hydroxylation sites is 1. The second-order valence-electron chi connectivity index (χ2n) is 4.76. The maximum atomic E-state index is 14.4. The van der Waals surface area contributed by atoms with Gasteiger partial charge in [0.25, 0.3) is 0 Å². The van der Waals surface area contributed by atoms with Crippen molar-refractivity contribution in [2.45, 2.75) is 18.9 Å². The molecule has 0 atom stereocenters. The van der Waals surface area contributed by atoms with E-state index in [4.69, 9.17) is 0 Å². The Bertz CT molecular complexity index is 775. The first-order valence-corrected chi connectivity index (χ1v) is 6.17. The summed E-state index contributed by atoms with van der Waals surface area (Å²) >= 11 is 0. The summed E-state index contributed by atoms with van der Waals surface area (Å²) in [5.41, 5.74) is -0.288. The predicted octanol–water partition coefficient (Wildman–Crippen LogP) is 4.01. The van der Waals surface area contributed by atoms with Crippen molar-refractivity contribution in [2.75, 3.05) is 0 Å². The number of fused-ring (bicyclic) bond motifs is 1. The van der Waals surface area contributed by atoms with Crippen LogP contribution in [0.4, 0.5) is 17.6 Å². The van der Waals surface area contributed by atoms with Crippen LogP contribution in [0.5, 0.6) is 0 Å².